The Balaban J connectivity index is 1.40. The summed E-state index contributed by atoms with van der Waals surface area (Å²) in [6.45, 7) is 2.66. The average Bonchev–Trinajstić information content (AvgIpc) is 2.98. The summed E-state index contributed by atoms with van der Waals surface area (Å²) in [7, 11) is 0. The topological polar surface area (TPSA) is 38.3 Å². The Labute approximate surface area is 145 Å². The molecule has 2 aromatic rings. The fourth-order valence-corrected chi connectivity index (χ4v) is 5.40. The van der Waals surface area contributed by atoms with Gasteiger partial charge in [-0.2, -0.15) is 0 Å². The second-order valence-electron chi connectivity index (χ2n) is 6.90. The number of nitrogens with one attached hydrogen (secondary N) is 1. The molecule has 2 heterocycles. The molecule has 24 heavy (non-hydrogen) atoms. The normalized spacial score (nSPS) is 27.0. The van der Waals surface area contributed by atoms with Crippen LogP contribution < -0.4 is 10.1 Å². The molecular weight excluding hydrogens is 318 g/mol. The van der Waals surface area contributed by atoms with Gasteiger partial charge >= 0.3 is 0 Å². The molecular formula is C20H19NO2S. The molecule has 1 N–H and O–H groups in total. The zero-order valence-electron chi connectivity index (χ0n) is 13.4. The number of ether oxygens (including phenoxy) is 1. The Morgan fingerprint density at radius 1 is 1.25 bits per heavy atom. The van der Waals surface area contributed by atoms with Gasteiger partial charge in [0.1, 0.15) is 5.75 Å². The number of rotatable bonds is 3. The molecule has 2 aromatic carbocycles. The maximum Gasteiger partial charge on any atom is 0.164 e. The predicted molar refractivity (Wildman–Crippen MR) is 95.3 cm³/mol. The minimum Gasteiger partial charge on any atom is -0.493 e. The number of hydrogen-bond acceptors (Lipinski definition) is 4. The Morgan fingerprint density at radius 3 is 3.12 bits per heavy atom. The second kappa shape index (κ2) is 5.36. The summed E-state index contributed by atoms with van der Waals surface area (Å²) < 4.78 is 6.18. The van der Waals surface area contributed by atoms with Crippen LogP contribution in [0, 0.1) is 0 Å². The molecule has 1 fully saturated rings. The van der Waals surface area contributed by atoms with Crippen molar-refractivity contribution in [2.75, 3.05) is 25.4 Å². The van der Waals surface area contributed by atoms with E-state index in [0.717, 1.165) is 35.1 Å². The monoisotopic (exact) mass is 337 g/mol. The van der Waals surface area contributed by atoms with Gasteiger partial charge < -0.3 is 10.1 Å². The van der Waals surface area contributed by atoms with Crippen LogP contribution in [0.25, 0.3) is 0 Å². The SMILES string of the molecule is O=C1CCSc2ccc(OC[C@@]34CNC[C@@H]3c3ccccc34)cc21. The van der Waals surface area contributed by atoms with Crippen molar-refractivity contribution in [3.8, 4) is 5.75 Å². The molecule has 0 unspecified atom stereocenters. The Morgan fingerprint density at radius 2 is 2.17 bits per heavy atom. The smallest absolute Gasteiger partial charge is 0.164 e. The van der Waals surface area contributed by atoms with Crippen LogP contribution in [0.1, 0.15) is 33.8 Å². The Bertz CT molecular complexity index is 834. The lowest BCUT2D eigenvalue weighted by Crippen LogP contribution is -2.48. The van der Waals surface area contributed by atoms with Crippen molar-refractivity contribution < 1.29 is 9.53 Å². The number of hydrogen-bond donors (Lipinski definition) is 1. The number of ketones is 1. The maximum atomic E-state index is 12.1. The van der Waals surface area contributed by atoms with Gasteiger partial charge in [0.2, 0.25) is 0 Å². The third-order valence-electron chi connectivity index (χ3n) is 5.66. The van der Waals surface area contributed by atoms with Crippen LogP contribution in [0.3, 0.4) is 0 Å². The first kappa shape index (κ1) is 14.6. The zero-order valence-corrected chi connectivity index (χ0v) is 14.2. The van der Waals surface area contributed by atoms with E-state index in [4.69, 9.17) is 4.74 Å². The van der Waals surface area contributed by atoms with E-state index in [1.54, 1.807) is 11.8 Å². The van der Waals surface area contributed by atoms with E-state index in [2.05, 4.69) is 29.6 Å². The van der Waals surface area contributed by atoms with E-state index in [9.17, 15) is 4.79 Å². The van der Waals surface area contributed by atoms with Crippen LogP contribution in [-0.2, 0) is 5.41 Å². The molecule has 3 nitrogen and oxygen atoms in total. The van der Waals surface area contributed by atoms with Gasteiger partial charge in [-0.15, -0.1) is 11.8 Å². The fourth-order valence-electron chi connectivity index (χ4n) is 4.40. The van der Waals surface area contributed by atoms with E-state index < -0.39 is 0 Å². The molecule has 0 aromatic heterocycles. The minimum absolute atomic E-state index is 0.0885. The number of carbonyl (C=O) groups excluding carboxylic acids is 1. The highest BCUT2D eigenvalue weighted by Gasteiger charge is 2.54. The highest BCUT2D eigenvalue weighted by atomic mass is 32.2. The van der Waals surface area contributed by atoms with E-state index in [-0.39, 0.29) is 11.2 Å². The summed E-state index contributed by atoms with van der Waals surface area (Å²) in [6, 6.07) is 14.7. The van der Waals surface area contributed by atoms with Crippen molar-refractivity contribution >= 4 is 17.5 Å². The molecule has 2 atom stereocenters. The van der Waals surface area contributed by atoms with Crippen molar-refractivity contribution in [2.45, 2.75) is 22.6 Å². The molecule has 0 bridgehead atoms. The first-order valence-corrected chi connectivity index (χ1v) is 9.49. The van der Waals surface area contributed by atoms with Gasteiger partial charge in [0.15, 0.2) is 5.78 Å². The van der Waals surface area contributed by atoms with Crippen LogP contribution in [0.4, 0.5) is 0 Å². The summed E-state index contributed by atoms with van der Waals surface area (Å²) in [4.78, 5) is 13.2. The largest absolute Gasteiger partial charge is 0.493 e. The van der Waals surface area contributed by atoms with Gasteiger partial charge in [0.05, 0.1) is 12.0 Å². The van der Waals surface area contributed by atoms with Crippen LogP contribution in [0.15, 0.2) is 47.4 Å². The van der Waals surface area contributed by atoms with Crippen LogP contribution in [0.2, 0.25) is 0 Å². The first-order valence-electron chi connectivity index (χ1n) is 8.51. The lowest BCUT2D eigenvalue weighted by atomic mass is 9.58. The summed E-state index contributed by atoms with van der Waals surface area (Å²) in [6.07, 6.45) is 0.629. The van der Waals surface area contributed by atoms with Gasteiger partial charge in [0.25, 0.3) is 0 Å². The standard InChI is InChI=1S/C20H19NO2S/c22-18-7-8-24-19-6-5-13(9-15(18)19)23-12-20-11-21-10-17(20)14-3-1-2-4-16(14)20/h1-6,9,17,21H,7-8,10-12H2/t17-,20-/m1/s1. The predicted octanol–water partition coefficient (Wildman–Crippen LogP) is 3.38. The maximum absolute atomic E-state index is 12.1. The molecule has 122 valence electrons. The molecule has 1 aliphatic carbocycles. The minimum atomic E-state index is 0.0885. The molecule has 0 spiro atoms. The summed E-state index contributed by atoms with van der Waals surface area (Å²) in [5, 5.41) is 3.53. The summed E-state index contributed by atoms with van der Waals surface area (Å²) in [5.74, 6) is 2.48. The number of thioether (sulfide) groups is 1. The first-order chi connectivity index (χ1) is 11.8. The molecule has 0 saturated carbocycles. The number of benzene rings is 2. The molecule has 0 amide bonds. The molecule has 1 saturated heterocycles. The van der Waals surface area contributed by atoms with E-state index >= 15 is 0 Å². The zero-order chi connectivity index (χ0) is 16.1. The van der Waals surface area contributed by atoms with Crippen LogP contribution in [-0.4, -0.2) is 31.2 Å². The van der Waals surface area contributed by atoms with Crippen LogP contribution >= 0.6 is 11.8 Å². The highest BCUT2D eigenvalue weighted by Crippen LogP contribution is 2.53. The lowest BCUT2D eigenvalue weighted by Gasteiger charge is -2.46. The Hall–Kier alpha value is -1.78. The average molecular weight is 337 g/mol. The molecule has 2 aliphatic heterocycles. The third-order valence-corrected chi connectivity index (χ3v) is 6.74. The molecule has 3 aliphatic rings. The van der Waals surface area contributed by atoms with Crippen molar-refractivity contribution in [3.63, 3.8) is 0 Å². The third kappa shape index (κ3) is 1.99. The molecule has 0 radical (unpaired) electrons. The van der Waals surface area contributed by atoms with E-state index in [1.807, 2.05) is 18.2 Å². The van der Waals surface area contributed by atoms with E-state index in [1.165, 1.54) is 11.1 Å². The number of fused-ring (bicyclic) bond motifs is 5. The molecule has 5 rings (SSSR count). The van der Waals surface area contributed by atoms with Crippen molar-refractivity contribution in [3.05, 3.63) is 59.2 Å². The van der Waals surface area contributed by atoms with E-state index in [0.29, 0.717) is 18.9 Å². The quantitative estimate of drug-likeness (QED) is 0.932. The highest BCUT2D eigenvalue weighted by molar-refractivity contribution is 7.99. The number of Topliss-reactive ketones (excluding diaryl/α,β-unsaturated/α-hetero) is 1. The van der Waals surface area contributed by atoms with Gasteiger partial charge in [0, 0.05) is 41.6 Å². The fraction of sp³-hybridized carbons (Fsp3) is 0.350. The van der Waals surface area contributed by atoms with Crippen molar-refractivity contribution in [1.29, 1.82) is 0 Å². The lowest BCUT2D eigenvalue weighted by molar-refractivity contribution is 0.0984. The second-order valence-corrected chi connectivity index (χ2v) is 8.03. The van der Waals surface area contributed by atoms with Gasteiger partial charge in [-0.1, -0.05) is 24.3 Å². The van der Waals surface area contributed by atoms with Gasteiger partial charge in [-0.3, -0.25) is 4.79 Å². The van der Waals surface area contributed by atoms with Crippen LogP contribution in [0.5, 0.6) is 5.75 Å². The summed E-state index contributed by atoms with van der Waals surface area (Å²) in [5.41, 5.74) is 3.80. The van der Waals surface area contributed by atoms with Gasteiger partial charge in [-0.05, 0) is 29.3 Å². The number of carbonyl (C=O) groups is 1. The van der Waals surface area contributed by atoms with Crippen molar-refractivity contribution in [2.24, 2.45) is 0 Å². The summed E-state index contributed by atoms with van der Waals surface area (Å²) >= 11 is 1.76. The Kier molecular flexibility index (Phi) is 3.25. The van der Waals surface area contributed by atoms with Crippen molar-refractivity contribution in [1.82, 2.24) is 5.32 Å². The van der Waals surface area contributed by atoms with Gasteiger partial charge in [-0.25, -0.2) is 0 Å². The molecule has 4 heteroatoms.